The van der Waals surface area contributed by atoms with Crippen LogP contribution in [0.25, 0.3) is 0 Å². The summed E-state index contributed by atoms with van der Waals surface area (Å²) in [5.74, 6) is 1.24. The smallest absolute Gasteiger partial charge is 0.203 e. The zero-order valence-corrected chi connectivity index (χ0v) is 12.1. The van der Waals surface area contributed by atoms with Gasteiger partial charge in [-0.1, -0.05) is 51.9 Å². The maximum atomic E-state index is 8.63. The summed E-state index contributed by atoms with van der Waals surface area (Å²) < 4.78 is 5.29. The lowest BCUT2D eigenvalue weighted by atomic mass is 10.1. The highest BCUT2D eigenvalue weighted by molar-refractivity contribution is 5.18. The molecule has 0 unspecified atom stereocenters. The van der Waals surface area contributed by atoms with E-state index >= 15 is 0 Å². The number of nitrogens with one attached hydrogen (secondary N) is 1. The molecule has 0 radical (unpaired) electrons. The summed E-state index contributed by atoms with van der Waals surface area (Å²) in [6.45, 7) is 4.00. The molecule has 106 valence electrons. The van der Waals surface area contributed by atoms with E-state index in [0.717, 1.165) is 18.8 Å². The minimum atomic E-state index is 0.392. The van der Waals surface area contributed by atoms with Crippen LogP contribution < -0.4 is 5.32 Å². The maximum Gasteiger partial charge on any atom is 0.203 e. The van der Waals surface area contributed by atoms with E-state index in [1.165, 1.54) is 51.4 Å². The maximum absolute atomic E-state index is 8.63. The van der Waals surface area contributed by atoms with Crippen molar-refractivity contribution in [3.05, 3.63) is 23.7 Å². The van der Waals surface area contributed by atoms with Crippen molar-refractivity contribution in [1.82, 2.24) is 5.32 Å². The van der Waals surface area contributed by atoms with E-state index < -0.39 is 0 Å². The Morgan fingerprint density at radius 1 is 1.05 bits per heavy atom. The quantitative estimate of drug-likeness (QED) is 0.602. The van der Waals surface area contributed by atoms with Gasteiger partial charge in [-0.2, -0.15) is 5.26 Å². The SMILES string of the molecule is CCCCCCCCCCNCc1ccc(C#N)o1. The Hall–Kier alpha value is -1.27. The monoisotopic (exact) mass is 262 g/mol. The number of unbranched alkanes of at least 4 members (excludes halogenated alkanes) is 7. The third-order valence-corrected chi connectivity index (χ3v) is 3.28. The van der Waals surface area contributed by atoms with Crippen molar-refractivity contribution in [1.29, 1.82) is 5.26 Å². The van der Waals surface area contributed by atoms with Gasteiger partial charge in [0.15, 0.2) is 0 Å². The molecule has 0 spiro atoms. The Balaban J connectivity index is 1.87. The predicted octanol–water partition coefficient (Wildman–Crippen LogP) is 4.38. The first kappa shape index (κ1) is 15.8. The summed E-state index contributed by atoms with van der Waals surface area (Å²) in [5, 5.41) is 12.0. The van der Waals surface area contributed by atoms with Crippen molar-refractivity contribution in [2.45, 2.75) is 64.8 Å². The minimum Gasteiger partial charge on any atom is -0.449 e. The van der Waals surface area contributed by atoms with E-state index in [1.54, 1.807) is 6.07 Å². The molecule has 0 aliphatic rings. The number of hydrogen-bond donors (Lipinski definition) is 1. The fourth-order valence-corrected chi connectivity index (χ4v) is 2.13. The van der Waals surface area contributed by atoms with Crippen molar-refractivity contribution in [3.63, 3.8) is 0 Å². The van der Waals surface area contributed by atoms with Gasteiger partial charge in [-0.3, -0.25) is 0 Å². The Morgan fingerprint density at radius 3 is 2.37 bits per heavy atom. The lowest BCUT2D eigenvalue weighted by molar-refractivity contribution is 0.468. The molecule has 0 fully saturated rings. The topological polar surface area (TPSA) is 49.0 Å². The number of nitriles is 1. The highest BCUT2D eigenvalue weighted by Crippen LogP contribution is 2.08. The second kappa shape index (κ2) is 10.6. The molecule has 1 heterocycles. The van der Waals surface area contributed by atoms with E-state index in [-0.39, 0.29) is 0 Å². The molecule has 1 aromatic heterocycles. The molecule has 3 nitrogen and oxygen atoms in total. The lowest BCUT2D eigenvalue weighted by Crippen LogP contribution is -2.14. The van der Waals surface area contributed by atoms with Crippen LogP contribution in [0.3, 0.4) is 0 Å². The Morgan fingerprint density at radius 2 is 1.74 bits per heavy atom. The number of nitrogens with zero attached hydrogens (tertiary/aromatic N) is 1. The normalized spacial score (nSPS) is 10.5. The van der Waals surface area contributed by atoms with Gasteiger partial charge in [0.1, 0.15) is 11.8 Å². The van der Waals surface area contributed by atoms with Gasteiger partial charge in [-0.15, -0.1) is 0 Å². The third-order valence-electron chi connectivity index (χ3n) is 3.28. The van der Waals surface area contributed by atoms with Crippen LogP contribution in [0.5, 0.6) is 0 Å². The van der Waals surface area contributed by atoms with E-state index in [2.05, 4.69) is 12.2 Å². The van der Waals surface area contributed by atoms with Crippen LogP contribution in [0.15, 0.2) is 16.5 Å². The molecular formula is C16H26N2O. The number of furan rings is 1. The molecule has 0 atom stereocenters. The fourth-order valence-electron chi connectivity index (χ4n) is 2.13. The molecule has 0 aliphatic heterocycles. The summed E-state index contributed by atoms with van der Waals surface area (Å²) in [6, 6.07) is 5.57. The van der Waals surface area contributed by atoms with Gasteiger partial charge in [0.05, 0.1) is 6.54 Å². The lowest BCUT2D eigenvalue weighted by Gasteiger charge is -2.03. The average Bonchev–Trinajstić information content (AvgIpc) is 2.89. The highest BCUT2D eigenvalue weighted by atomic mass is 16.3. The first-order chi connectivity index (χ1) is 9.36. The molecule has 19 heavy (non-hydrogen) atoms. The van der Waals surface area contributed by atoms with Crippen molar-refractivity contribution in [2.75, 3.05) is 6.54 Å². The summed E-state index contributed by atoms with van der Waals surface area (Å²) in [5.41, 5.74) is 0. The first-order valence-electron chi connectivity index (χ1n) is 7.56. The standard InChI is InChI=1S/C16H26N2O/c1-2-3-4-5-6-7-8-9-12-18-14-16-11-10-15(13-17)19-16/h10-11,18H,2-9,12,14H2,1H3. The average molecular weight is 262 g/mol. The van der Waals surface area contributed by atoms with Crippen molar-refractivity contribution < 1.29 is 4.42 Å². The summed E-state index contributed by atoms with van der Waals surface area (Å²) in [7, 11) is 0. The van der Waals surface area contributed by atoms with Gasteiger partial charge in [0, 0.05) is 0 Å². The molecule has 1 aromatic rings. The zero-order valence-electron chi connectivity index (χ0n) is 12.1. The van der Waals surface area contributed by atoms with Crippen LogP contribution >= 0.6 is 0 Å². The molecule has 1 rings (SSSR count). The van der Waals surface area contributed by atoms with Crippen LogP contribution in [0.1, 0.15) is 69.8 Å². The van der Waals surface area contributed by atoms with Crippen LogP contribution in [0.2, 0.25) is 0 Å². The van der Waals surface area contributed by atoms with Crippen LogP contribution in [0, 0.1) is 11.3 Å². The van der Waals surface area contributed by atoms with Gasteiger partial charge in [-0.05, 0) is 25.1 Å². The molecule has 3 heteroatoms. The second-order valence-electron chi connectivity index (χ2n) is 5.03. The summed E-state index contributed by atoms with van der Waals surface area (Å²) in [4.78, 5) is 0. The zero-order chi connectivity index (χ0) is 13.8. The van der Waals surface area contributed by atoms with Crippen LogP contribution in [-0.2, 0) is 6.54 Å². The van der Waals surface area contributed by atoms with Gasteiger partial charge in [0.25, 0.3) is 0 Å². The van der Waals surface area contributed by atoms with Gasteiger partial charge >= 0.3 is 0 Å². The molecule has 0 saturated carbocycles. The molecule has 0 amide bonds. The number of rotatable bonds is 11. The van der Waals surface area contributed by atoms with E-state index in [9.17, 15) is 0 Å². The summed E-state index contributed by atoms with van der Waals surface area (Å²) in [6.07, 6.45) is 10.8. The molecule has 0 aliphatic carbocycles. The molecular weight excluding hydrogens is 236 g/mol. The van der Waals surface area contributed by atoms with Gasteiger partial charge in [-0.25, -0.2) is 0 Å². The third kappa shape index (κ3) is 7.69. The Bertz CT molecular complexity index is 365. The van der Waals surface area contributed by atoms with Crippen molar-refractivity contribution in [2.24, 2.45) is 0 Å². The van der Waals surface area contributed by atoms with E-state index in [0.29, 0.717) is 5.76 Å². The molecule has 0 bridgehead atoms. The minimum absolute atomic E-state index is 0.392. The Kier molecular flexibility index (Phi) is 8.84. The summed E-state index contributed by atoms with van der Waals surface area (Å²) >= 11 is 0. The molecule has 1 N–H and O–H groups in total. The van der Waals surface area contributed by atoms with Gasteiger partial charge < -0.3 is 9.73 Å². The number of hydrogen-bond acceptors (Lipinski definition) is 3. The Labute approximate surface area is 117 Å². The van der Waals surface area contributed by atoms with Crippen molar-refractivity contribution >= 4 is 0 Å². The fraction of sp³-hybridized carbons (Fsp3) is 0.688. The molecule has 0 aromatic carbocycles. The van der Waals surface area contributed by atoms with Crippen LogP contribution in [0.4, 0.5) is 0 Å². The molecule has 0 saturated heterocycles. The van der Waals surface area contributed by atoms with Gasteiger partial charge in [0.2, 0.25) is 5.76 Å². The first-order valence-corrected chi connectivity index (χ1v) is 7.56. The largest absolute Gasteiger partial charge is 0.449 e. The van der Waals surface area contributed by atoms with E-state index in [1.807, 2.05) is 12.1 Å². The second-order valence-corrected chi connectivity index (χ2v) is 5.03. The van der Waals surface area contributed by atoms with E-state index in [4.69, 9.17) is 9.68 Å². The predicted molar refractivity (Wildman–Crippen MR) is 77.7 cm³/mol. The van der Waals surface area contributed by atoms with Crippen molar-refractivity contribution in [3.8, 4) is 6.07 Å². The van der Waals surface area contributed by atoms with Crippen LogP contribution in [-0.4, -0.2) is 6.54 Å². The highest BCUT2D eigenvalue weighted by Gasteiger charge is 1.99.